The Balaban J connectivity index is 1.67. The van der Waals surface area contributed by atoms with Crippen LogP contribution in [0.25, 0.3) is 0 Å². The van der Waals surface area contributed by atoms with Gasteiger partial charge in [-0.25, -0.2) is 18.1 Å². The highest BCUT2D eigenvalue weighted by Crippen LogP contribution is 2.14. The Morgan fingerprint density at radius 1 is 1.15 bits per heavy atom. The molecule has 0 aliphatic carbocycles. The van der Waals surface area contributed by atoms with E-state index in [0.717, 1.165) is 15.6 Å². The van der Waals surface area contributed by atoms with Gasteiger partial charge in [-0.1, -0.05) is 12.1 Å². The third-order valence-electron chi connectivity index (χ3n) is 3.49. The third-order valence-corrected chi connectivity index (χ3v) is 6.73. The maximum absolute atomic E-state index is 12.4. The lowest BCUT2D eigenvalue weighted by atomic mass is 10.2. The van der Waals surface area contributed by atoms with Crippen molar-refractivity contribution in [3.8, 4) is 0 Å². The van der Waals surface area contributed by atoms with Gasteiger partial charge >= 0.3 is 0 Å². The standard InChI is InChI=1S/C17H17N3O3S3/c1-12-11-25-16(20-12)10-18-17(21)13-4-2-6-15(8-13)26(22,23)19-9-14-5-3-7-24-14/h2-8,11,19H,9-10H2,1H3,(H,18,21). The third kappa shape index (κ3) is 4.76. The number of rotatable bonds is 7. The molecule has 2 aromatic heterocycles. The molecule has 1 amide bonds. The second-order valence-corrected chi connectivity index (χ2v) is 9.24. The van der Waals surface area contributed by atoms with E-state index in [4.69, 9.17) is 0 Å². The molecule has 0 bridgehead atoms. The summed E-state index contributed by atoms with van der Waals surface area (Å²) in [5.74, 6) is -0.340. The molecule has 1 aromatic carbocycles. The fraction of sp³-hybridized carbons (Fsp3) is 0.176. The van der Waals surface area contributed by atoms with Crippen LogP contribution in [-0.4, -0.2) is 19.3 Å². The lowest BCUT2D eigenvalue weighted by molar-refractivity contribution is 0.0950. The van der Waals surface area contributed by atoms with Gasteiger partial charge in [-0.15, -0.1) is 22.7 Å². The maximum Gasteiger partial charge on any atom is 0.251 e. The first-order valence-corrected chi connectivity index (χ1v) is 11.0. The average molecular weight is 408 g/mol. The molecule has 0 spiro atoms. The van der Waals surface area contributed by atoms with E-state index in [-0.39, 0.29) is 22.9 Å². The number of hydrogen-bond acceptors (Lipinski definition) is 6. The van der Waals surface area contributed by atoms with E-state index in [1.54, 1.807) is 12.1 Å². The molecule has 3 rings (SSSR count). The molecule has 0 unspecified atom stereocenters. The highest BCUT2D eigenvalue weighted by Gasteiger charge is 2.16. The monoisotopic (exact) mass is 407 g/mol. The van der Waals surface area contributed by atoms with Crippen molar-refractivity contribution < 1.29 is 13.2 Å². The van der Waals surface area contributed by atoms with Gasteiger partial charge in [-0.3, -0.25) is 4.79 Å². The van der Waals surface area contributed by atoms with Crippen LogP contribution < -0.4 is 10.0 Å². The Morgan fingerprint density at radius 3 is 2.69 bits per heavy atom. The number of nitrogens with one attached hydrogen (secondary N) is 2. The zero-order valence-corrected chi connectivity index (χ0v) is 16.4. The molecule has 0 aliphatic rings. The first-order valence-electron chi connectivity index (χ1n) is 7.75. The van der Waals surface area contributed by atoms with Crippen molar-refractivity contribution >= 4 is 38.6 Å². The van der Waals surface area contributed by atoms with Gasteiger partial charge in [0, 0.05) is 28.1 Å². The van der Waals surface area contributed by atoms with Crippen molar-refractivity contribution in [2.24, 2.45) is 0 Å². The number of thiophene rings is 1. The predicted molar refractivity (Wildman–Crippen MR) is 103 cm³/mol. The number of carbonyl (C=O) groups excluding carboxylic acids is 1. The predicted octanol–water partition coefficient (Wildman–Crippen LogP) is 2.92. The van der Waals surface area contributed by atoms with Crippen molar-refractivity contribution in [1.82, 2.24) is 15.0 Å². The SMILES string of the molecule is Cc1csc(CNC(=O)c2cccc(S(=O)(=O)NCc3cccs3)c2)n1. The second kappa shape index (κ2) is 8.09. The largest absolute Gasteiger partial charge is 0.346 e. The molecule has 136 valence electrons. The van der Waals surface area contributed by atoms with Crippen molar-refractivity contribution in [3.05, 3.63) is 68.3 Å². The number of benzene rings is 1. The fourth-order valence-corrected chi connectivity index (χ4v) is 4.71. The zero-order valence-electron chi connectivity index (χ0n) is 13.9. The molecule has 3 aromatic rings. The van der Waals surface area contributed by atoms with E-state index in [1.807, 2.05) is 29.8 Å². The molecule has 0 saturated heterocycles. The van der Waals surface area contributed by atoms with Crippen LogP contribution in [0, 0.1) is 6.92 Å². The van der Waals surface area contributed by atoms with Crippen LogP contribution in [0.1, 0.15) is 25.9 Å². The number of aryl methyl sites for hydroxylation is 1. The molecule has 0 fully saturated rings. The van der Waals surface area contributed by atoms with Gasteiger partial charge in [-0.2, -0.15) is 0 Å². The minimum Gasteiger partial charge on any atom is -0.346 e. The van der Waals surface area contributed by atoms with Crippen molar-refractivity contribution in [1.29, 1.82) is 0 Å². The number of sulfonamides is 1. The van der Waals surface area contributed by atoms with Crippen LogP contribution in [-0.2, 0) is 23.1 Å². The minimum absolute atomic E-state index is 0.0619. The Hall–Kier alpha value is -2.07. The van der Waals surface area contributed by atoms with Gasteiger partial charge in [-0.05, 0) is 36.6 Å². The van der Waals surface area contributed by atoms with Crippen molar-refractivity contribution in [2.75, 3.05) is 0 Å². The Kier molecular flexibility index (Phi) is 5.82. The highest BCUT2D eigenvalue weighted by atomic mass is 32.2. The number of carbonyl (C=O) groups is 1. The number of nitrogens with zero attached hydrogens (tertiary/aromatic N) is 1. The summed E-state index contributed by atoms with van der Waals surface area (Å²) in [5.41, 5.74) is 1.20. The summed E-state index contributed by atoms with van der Waals surface area (Å²) in [6, 6.07) is 9.71. The quantitative estimate of drug-likeness (QED) is 0.630. The van der Waals surface area contributed by atoms with E-state index in [2.05, 4.69) is 15.0 Å². The van der Waals surface area contributed by atoms with Gasteiger partial charge in [0.05, 0.1) is 11.4 Å². The van der Waals surface area contributed by atoms with Crippen LogP contribution in [0.4, 0.5) is 0 Å². The fourth-order valence-electron chi connectivity index (χ4n) is 2.21. The normalized spacial score (nSPS) is 11.4. The Bertz CT molecular complexity index is 995. The minimum atomic E-state index is -3.69. The van der Waals surface area contributed by atoms with Crippen LogP contribution in [0.2, 0.25) is 0 Å². The van der Waals surface area contributed by atoms with Gasteiger partial charge < -0.3 is 5.32 Å². The zero-order chi connectivity index (χ0) is 18.6. The summed E-state index contributed by atoms with van der Waals surface area (Å²) >= 11 is 2.95. The Labute approximate surface area is 160 Å². The van der Waals surface area contributed by atoms with E-state index in [0.29, 0.717) is 6.54 Å². The van der Waals surface area contributed by atoms with Crippen LogP contribution in [0.5, 0.6) is 0 Å². The van der Waals surface area contributed by atoms with Crippen LogP contribution >= 0.6 is 22.7 Å². The molecule has 0 radical (unpaired) electrons. The molecule has 0 aliphatic heterocycles. The van der Waals surface area contributed by atoms with E-state index < -0.39 is 10.0 Å². The van der Waals surface area contributed by atoms with E-state index in [9.17, 15) is 13.2 Å². The summed E-state index contributed by atoms with van der Waals surface area (Å²) in [4.78, 5) is 17.6. The topological polar surface area (TPSA) is 88.2 Å². The molecular weight excluding hydrogens is 390 g/mol. The Morgan fingerprint density at radius 2 is 2.00 bits per heavy atom. The first-order chi connectivity index (χ1) is 12.4. The highest BCUT2D eigenvalue weighted by molar-refractivity contribution is 7.89. The maximum atomic E-state index is 12.4. The molecule has 2 heterocycles. The summed E-state index contributed by atoms with van der Waals surface area (Å²) < 4.78 is 27.4. The summed E-state index contributed by atoms with van der Waals surface area (Å²) in [7, 11) is -3.69. The molecule has 0 atom stereocenters. The summed E-state index contributed by atoms with van der Waals surface area (Å²) in [5, 5.41) is 7.36. The van der Waals surface area contributed by atoms with E-state index in [1.165, 1.54) is 34.8 Å². The molecule has 2 N–H and O–H groups in total. The van der Waals surface area contributed by atoms with Gasteiger partial charge in [0.15, 0.2) is 0 Å². The lowest BCUT2D eigenvalue weighted by Crippen LogP contribution is -2.25. The second-order valence-electron chi connectivity index (χ2n) is 5.50. The molecule has 0 saturated carbocycles. The number of aromatic nitrogens is 1. The molecular formula is C17H17N3O3S3. The van der Waals surface area contributed by atoms with Gasteiger partial charge in [0.1, 0.15) is 5.01 Å². The average Bonchev–Trinajstić information content (AvgIpc) is 3.29. The van der Waals surface area contributed by atoms with Crippen molar-refractivity contribution in [2.45, 2.75) is 24.9 Å². The summed E-state index contributed by atoms with van der Waals surface area (Å²) in [6.07, 6.45) is 0. The van der Waals surface area contributed by atoms with Gasteiger partial charge in [0.2, 0.25) is 10.0 Å². The first kappa shape index (κ1) is 18.7. The van der Waals surface area contributed by atoms with Crippen LogP contribution in [0.15, 0.2) is 52.1 Å². The smallest absolute Gasteiger partial charge is 0.251 e. The lowest BCUT2D eigenvalue weighted by Gasteiger charge is -2.08. The number of thiazole rings is 1. The molecule has 26 heavy (non-hydrogen) atoms. The van der Waals surface area contributed by atoms with E-state index >= 15 is 0 Å². The van der Waals surface area contributed by atoms with Crippen molar-refractivity contribution in [3.63, 3.8) is 0 Å². The number of amides is 1. The van der Waals surface area contributed by atoms with Gasteiger partial charge in [0.25, 0.3) is 5.91 Å². The molecule has 6 nitrogen and oxygen atoms in total. The molecule has 9 heteroatoms. The summed E-state index contributed by atoms with van der Waals surface area (Å²) in [6.45, 7) is 2.42. The number of hydrogen-bond donors (Lipinski definition) is 2. The van der Waals surface area contributed by atoms with Crippen LogP contribution in [0.3, 0.4) is 0 Å².